The second kappa shape index (κ2) is 6.31. The van der Waals surface area contributed by atoms with Crippen LogP contribution in [0.15, 0.2) is 12.5 Å². The Morgan fingerprint density at radius 1 is 1.22 bits per heavy atom. The number of piperazine rings is 1. The molecular weight excluding hydrogens is 228 g/mol. The Labute approximate surface area is 109 Å². The van der Waals surface area contributed by atoms with Crippen LogP contribution in [0.25, 0.3) is 0 Å². The average molecular weight is 252 g/mol. The zero-order chi connectivity index (χ0) is 13.0. The molecule has 1 N–H and O–H groups in total. The van der Waals surface area contributed by atoms with Crippen LogP contribution < -0.4 is 0 Å². The van der Waals surface area contributed by atoms with Gasteiger partial charge in [0.1, 0.15) is 0 Å². The quantitative estimate of drug-likeness (QED) is 0.832. The van der Waals surface area contributed by atoms with Crippen LogP contribution in [0.2, 0.25) is 0 Å². The van der Waals surface area contributed by atoms with E-state index in [0.29, 0.717) is 6.04 Å². The predicted molar refractivity (Wildman–Crippen MR) is 71.4 cm³/mol. The molecule has 0 amide bonds. The molecule has 1 aliphatic rings. The number of imidazole rings is 1. The largest absolute Gasteiger partial charge is 0.395 e. The van der Waals surface area contributed by atoms with E-state index < -0.39 is 0 Å². The van der Waals surface area contributed by atoms with E-state index in [9.17, 15) is 0 Å². The second-order valence-corrected chi connectivity index (χ2v) is 5.23. The van der Waals surface area contributed by atoms with Gasteiger partial charge in [0, 0.05) is 51.5 Å². The lowest BCUT2D eigenvalue weighted by Gasteiger charge is -2.34. The van der Waals surface area contributed by atoms with E-state index in [1.54, 1.807) is 0 Å². The highest BCUT2D eigenvalue weighted by Crippen LogP contribution is 2.12. The normalized spacial score (nSPS) is 18.7. The first-order chi connectivity index (χ1) is 8.70. The van der Waals surface area contributed by atoms with Gasteiger partial charge in [0.15, 0.2) is 0 Å². The Hall–Kier alpha value is -0.910. The standard InChI is InChI=1S/C13H24N4O/c1-12(2)17-11-14-9-13(17)10-16-5-3-15(4-6-16)7-8-18/h9,11-12,18H,3-8,10H2,1-2H3. The fourth-order valence-electron chi connectivity index (χ4n) is 2.46. The van der Waals surface area contributed by atoms with Crippen molar-refractivity contribution in [3.05, 3.63) is 18.2 Å². The molecule has 1 aliphatic heterocycles. The smallest absolute Gasteiger partial charge is 0.0951 e. The van der Waals surface area contributed by atoms with Crippen molar-refractivity contribution in [3.8, 4) is 0 Å². The highest BCUT2D eigenvalue weighted by Gasteiger charge is 2.17. The van der Waals surface area contributed by atoms with Crippen LogP contribution >= 0.6 is 0 Å². The fraction of sp³-hybridized carbons (Fsp3) is 0.769. The van der Waals surface area contributed by atoms with Crippen LogP contribution in [-0.4, -0.2) is 63.8 Å². The van der Waals surface area contributed by atoms with Crippen molar-refractivity contribution in [2.45, 2.75) is 26.4 Å². The molecule has 5 heteroatoms. The van der Waals surface area contributed by atoms with E-state index in [0.717, 1.165) is 39.3 Å². The van der Waals surface area contributed by atoms with E-state index in [-0.39, 0.29) is 6.61 Å². The van der Waals surface area contributed by atoms with Crippen LogP contribution in [0.4, 0.5) is 0 Å². The van der Waals surface area contributed by atoms with Crippen LogP contribution in [-0.2, 0) is 6.54 Å². The molecule has 0 atom stereocenters. The number of aromatic nitrogens is 2. The number of hydrogen-bond donors (Lipinski definition) is 1. The fourth-order valence-corrected chi connectivity index (χ4v) is 2.46. The lowest BCUT2D eigenvalue weighted by molar-refractivity contribution is 0.107. The highest BCUT2D eigenvalue weighted by atomic mass is 16.3. The van der Waals surface area contributed by atoms with Gasteiger partial charge in [-0.3, -0.25) is 9.80 Å². The molecule has 1 saturated heterocycles. The first-order valence-electron chi connectivity index (χ1n) is 6.77. The SMILES string of the molecule is CC(C)n1cncc1CN1CCN(CCO)CC1. The lowest BCUT2D eigenvalue weighted by Crippen LogP contribution is -2.46. The predicted octanol–water partition coefficient (Wildman–Crippen LogP) is 0.574. The van der Waals surface area contributed by atoms with Gasteiger partial charge in [0.25, 0.3) is 0 Å². The molecule has 1 aromatic rings. The third-order valence-electron chi connectivity index (χ3n) is 3.57. The maximum atomic E-state index is 8.92. The summed E-state index contributed by atoms with van der Waals surface area (Å²) in [6.07, 6.45) is 3.89. The van der Waals surface area contributed by atoms with Gasteiger partial charge in [0.05, 0.1) is 18.6 Å². The van der Waals surface area contributed by atoms with Gasteiger partial charge in [-0.05, 0) is 13.8 Å². The number of aliphatic hydroxyl groups excluding tert-OH is 1. The van der Waals surface area contributed by atoms with E-state index in [2.05, 4.69) is 33.2 Å². The zero-order valence-electron chi connectivity index (χ0n) is 11.4. The molecule has 102 valence electrons. The number of β-amino-alcohol motifs (C(OH)–C–C–N with tert-alkyl or cyclic N) is 1. The lowest BCUT2D eigenvalue weighted by atomic mass is 10.3. The van der Waals surface area contributed by atoms with Crippen molar-refractivity contribution in [1.29, 1.82) is 0 Å². The first kappa shape index (κ1) is 13.5. The molecule has 0 aliphatic carbocycles. The summed E-state index contributed by atoms with van der Waals surface area (Å²) in [6.45, 7) is 10.7. The Balaban J connectivity index is 1.86. The molecular formula is C13H24N4O. The molecule has 1 fully saturated rings. The molecule has 0 aromatic carbocycles. The molecule has 2 heterocycles. The number of aliphatic hydroxyl groups is 1. The van der Waals surface area contributed by atoms with Crippen molar-refractivity contribution in [2.24, 2.45) is 0 Å². The van der Waals surface area contributed by atoms with Crippen LogP contribution in [0, 0.1) is 0 Å². The summed E-state index contributed by atoms with van der Waals surface area (Å²) in [5.41, 5.74) is 1.29. The molecule has 2 rings (SSSR count). The monoisotopic (exact) mass is 252 g/mol. The molecule has 0 spiro atoms. The molecule has 5 nitrogen and oxygen atoms in total. The van der Waals surface area contributed by atoms with Gasteiger partial charge in [-0.2, -0.15) is 0 Å². The Kier molecular flexibility index (Phi) is 4.74. The molecule has 18 heavy (non-hydrogen) atoms. The summed E-state index contributed by atoms with van der Waals surface area (Å²) in [6, 6.07) is 0.471. The van der Waals surface area contributed by atoms with E-state index in [1.165, 1.54) is 5.69 Å². The molecule has 0 unspecified atom stereocenters. The molecule has 0 bridgehead atoms. The van der Waals surface area contributed by atoms with Gasteiger partial charge in [-0.1, -0.05) is 0 Å². The third-order valence-corrected chi connectivity index (χ3v) is 3.57. The second-order valence-electron chi connectivity index (χ2n) is 5.23. The van der Waals surface area contributed by atoms with Gasteiger partial charge in [-0.25, -0.2) is 4.98 Å². The summed E-state index contributed by atoms with van der Waals surface area (Å²) in [5.74, 6) is 0. The minimum atomic E-state index is 0.264. The third kappa shape index (κ3) is 3.31. The van der Waals surface area contributed by atoms with Gasteiger partial charge in [-0.15, -0.1) is 0 Å². The topological polar surface area (TPSA) is 44.5 Å². The summed E-state index contributed by atoms with van der Waals surface area (Å²) in [4.78, 5) is 9.02. The molecule has 0 saturated carbocycles. The van der Waals surface area contributed by atoms with Crippen molar-refractivity contribution >= 4 is 0 Å². The Morgan fingerprint density at radius 3 is 2.50 bits per heavy atom. The average Bonchev–Trinajstić information content (AvgIpc) is 2.80. The minimum absolute atomic E-state index is 0.264. The number of hydrogen-bond acceptors (Lipinski definition) is 4. The van der Waals surface area contributed by atoms with Crippen LogP contribution in [0.3, 0.4) is 0 Å². The molecule has 0 radical (unpaired) electrons. The van der Waals surface area contributed by atoms with Crippen molar-refractivity contribution in [2.75, 3.05) is 39.3 Å². The first-order valence-corrected chi connectivity index (χ1v) is 6.77. The van der Waals surface area contributed by atoms with Crippen molar-refractivity contribution in [1.82, 2.24) is 19.4 Å². The maximum Gasteiger partial charge on any atom is 0.0951 e. The van der Waals surface area contributed by atoms with Crippen molar-refractivity contribution in [3.63, 3.8) is 0 Å². The zero-order valence-corrected chi connectivity index (χ0v) is 11.4. The minimum Gasteiger partial charge on any atom is -0.395 e. The van der Waals surface area contributed by atoms with Crippen LogP contribution in [0.5, 0.6) is 0 Å². The van der Waals surface area contributed by atoms with E-state index >= 15 is 0 Å². The van der Waals surface area contributed by atoms with Gasteiger partial charge < -0.3 is 9.67 Å². The highest BCUT2D eigenvalue weighted by molar-refractivity contribution is 5.00. The van der Waals surface area contributed by atoms with Crippen LogP contribution in [0.1, 0.15) is 25.6 Å². The Bertz CT molecular complexity index is 356. The van der Waals surface area contributed by atoms with Gasteiger partial charge >= 0.3 is 0 Å². The maximum absolute atomic E-state index is 8.92. The van der Waals surface area contributed by atoms with Gasteiger partial charge in [0.2, 0.25) is 0 Å². The Morgan fingerprint density at radius 2 is 1.89 bits per heavy atom. The van der Waals surface area contributed by atoms with E-state index in [1.807, 2.05) is 12.5 Å². The number of nitrogens with zero attached hydrogens (tertiary/aromatic N) is 4. The summed E-state index contributed by atoms with van der Waals surface area (Å²) in [7, 11) is 0. The van der Waals surface area contributed by atoms with E-state index in [4.69, 9.17) is 5.11 Å². The summed E-state index contributed by atoms with van der Waals surface area (Å²) < 4.78 is 2.24. The van der Waals surface area contributed by atoms with Crippen molar-refractivity contribution < 1.29 is 5.11 Å². The summed E-state index contributed by atoms with van der Waals surface area (Å²) in [5, 5.41) is 8.92. The summed E-state index contributed by atoms with van der Waals surface area (Å²) >= 11 is 0. The molecule has 1 aromatic heterocycles. The number of rotatable bonds is 5.